The topological polar surface area (TPSA) is 32.3 Å². The molecule has 1 aromatic heterocycles. The molecule has 21 heavy (non-hydrogen) atoms. The summed E-state index contributed by atoms with van der Waals surface area (Å²) in [6.07, 6.45) is 2.49. The average molecular weight is 302 g/mol. The molecule has 0 spiro atoms. The molecule has 0 unspecified atom stereocenters. The van der Waals surface area contributed by atoms with Gasteiger partial charge in [0.05, 0.1) is 0 Å². The van der Waals surface area contributed by atoms with Crippen LogP contribution in [-0.4, -0.2) is 20.0 Å². The van der Waals surface area contributed by atoms with Crippen molar-refractivity contribution >= 4 is 22.9 Å². The van der Waals surface area contributed by atoms with Crippen molar-refractivity contribution in [2.24, 2.45) is 0 Å². The van der Waals surface area contributed by atoms with Crippen molar-refractivity contribution < 1.29 is 4.79 Å². The number of carbonyl (C=O) groups is 1. The molecule has 0 atom stereocenters. The fraction of sp³-hybridized carbons (Fsp3) is 0.353. The molecule has 112 valence electrons. The van der Waals surface area contributed by atoms with Crippen LogP contribution in [0.2, 0.25) is 0 Å². The second-order valence-electron chi connectivity index (χ2n) is 5.27. The standard InChI is InChI=1S/C17H22N2OS/c1-19(2)15-10-8-14(9-11-15)13-18-17(20)7-3-5-16-6-4-12-21-16/h4,6,8-12H,3,5,7,13H2,1-2H3,(H,18,20). The molecule has 0 radical (unpaired) electrons. The first kappa shape index (κ1) is 15.6. The summed E-state index contributed by atoms with van der Waals surface area (Å²) in [5.74, 6) is 0.128. The minimum atomic E-state index is 0.128. The van der Waals surface area contributed by atoms with E-state index in [1.807, 2.05) is 14.1 Å². The smallest absolute Gasteiger partial charge is 0.220 e. The fourth-order valence-corrected chi connectivity index (χ4v) is 2.83. The molecule has 0 saturated carbocycles. The van der Waals surface area contributed by atoms with Crippen molar-refractivity contribution in [2.45, 2.75) is 25.8 Å². The minimum absolute atomic E-state index is 0.128. The highest BCUT2D eigenvalue weighted by Gasteiger charge is 2.03. The largest absolute Gasteiger partial charge is 0.378 e. The maximum Gasteiger partial charge on any atom is 0.220 e. The van der Waals surface area contributed by atoms with Gasteiger partial charge in [0.15, 0.2) is 0 Å². The molecule has 1 heterocycles. The van der Waals surface area contributed by atoms with Gasteiger partial charge >= 0.3 is 0 Å². The number of thiophene rings is 1. The molecule has 0 aliphatic rings. The van der Waals surface area contributed by atoms with E-state index in [0.29, 0.717) is 13.0 Å². The Morgan fingerprint density at radius 3 is 2.57 bits per heavy atom. The van der Waals surface area contributed by atoms with Gasteiger partial charge in [0.25, 0.3) is 0 Å². The van der Waals surface area contributed by atoms with Crippen molar-refractivity contribution in [3.63, 3.8) is 0 Å². The van der Waals surface area contributed by atoms with Crippen LogP contribution in [-0.2, 0) is 17.8 Å². The summed E-state index contributed by atoms with van der Waals surface area (Å²) in [7, 11) is 4.04. The molecule has 1 amide bonds. The molecule has 2 rings (SSSR count). The number of nitrogens with one attached hydrogen (secondary N) is 1. The van der Waals surface area contributed by atoms with Gasteiger partial charge in [-0.3, -0.25) is 4.79 Å². The second-order valence-corrected chi connectivity index (χ2v) is 6.30. The molecular formula is C17H22N2OS. The van der Waals surface area contributed by atoms with Crippen molar-refractivity contribution in [2.75, 3.05) is 19.0 Å². The summed E-state index contributed by atoms with van der Waals surface area (Å²) in [4.78, 5) is 15.2. The van der Waals surface area contributed by atoms with E-state index in [9.17, 15) is 4.79 Å². The van der Waals surface area contributed by atoms with Crippen LogP contribution in [0.4, 0.5) is 5.69 Å². The lowest BCUT2D eigenvalue weighted by Gasteiger charge is -2.12. The van der Waals surface area contributed by atoms with Gasteiger partial charge in [-0.1, -0.05) is 18.2 Å². The summed E-state index contributed by atoms with van der Waals surface area (Å²) >= 11 is 1.75. The average Bonchev–Trinajstić information content (AvgIpc) is 2.99. The lowest BCUT2D eigenvalue weighted by Crippen LogP contribution is -2.22. The zero-order valence-electron chi connectivity index (χ0n) is 12.6. The lowest BCUT2D eigenvalue weighted by molar-refractivity contribution is -0.121. The molecule has 1 aromatic carbocycles. The molecule has 0 aliphatic heterocycles. The first-order chi connectivity index (χ1) is 10.1. The molecule has 0 aliphatic carbocycles. The third kappa shape index (κ3) is 5.23. The molecule has 0 saturated heterocycles. The van der Waals surface area contributed by atoms with Crippen LogP contribution in [0.25, 0.3) is 0 Å². The van der Waals surface area contributed by atoms with Crippen LogP contribution in [0.3, 0.4) is 0 Å². The highest BCUT2D eigenvalue weighted by Crippen LogP contribution is 2.13. The van der Waals surface area contributed by atoms with Gasteiger partial charge in [-0.25, -0.2) is 0 Å². The quantitative estimate of drug-likeness (QED) is 0.849. The van der Waals surface area contributed by atoms with Gasteiger partial charge in [0, 0.05) is 37.6 Å². The number of anilines is 1. The summed E-state index contributed by atoms with van der Waals surface area (Å²) < 4.78 is 0. The van der Waals surface area contributed by atoms with Gasteiger partial charge in [0.2, 0.25) is 5.91 Å². The van der Waals surface area contributed by atoms with Crippen LogP contribution in [0.1, 0.15) is 23.3 Å². The number of hydrogen-bond donors (Lipinski definition) is 1. The first-order valence-corrected chi connectivity index (χ1v) is 8.08. The fourth-order valence-electron chi connectivity index (χ4n) is 2.08. The normalized spacial score (nSPS) is 10.4. The number of rotatable bonds is 7. The minimum Gasteiger partial charge on any atom is -0.378 e. The highest BCUT2D eigenvalue weighted by molar-refractivity contribution is 7.09. The number of aryl methyl sites for hydroxylation is 1. The van der Waals surface area contributed by atoms with Gasteiger partial charge in [-0.05, 0) is 42.0 Å². The monoisotopic (exact) mass is 302 g/mol. The Balaban J connectivity index is 1.68. The van der Waals surface area contributed by atoms with Gasteiger partial charge < -0.3 is 10.2 Å². The SMILES string of the molecule is CN(C)c1ccc(CNC(=O)CCCc2cccs2)cc1. The van der Waals surface area contributed by atoms with E-state index in [2.05, 4.69) is 52.0 Å². The Kier molecular flexibility index (Phi) is 5.81. The van der Waals surface area contributed by atoms with E-state index in [0.717, 1.165) is 18.4 Å². The Bertz CT molecular complexity index is 547. The number of benzene rings is 1. The third-order valence-electron chi connectivity index (χ3n) is 3.35. The van der Waals surface area contributed by atoms with Gasteiger partial charge in [-0.15, -0.1) is 11.3 Å². The number of carbonyl (C=O) groups excluding carboxylic acids is 1. The Morgan fingerprint density at radius 2 is 1.95 bits per heavy atom. The van der Waals surface area contributed by atoms with Crippen molar-refractivity contribution in [1.29, 1.82) is 0 Å². The number of hydrogen-bond acceptors (Lipinski definition) is 3. The second kappa shape index (κ2) is 7.84. The van der Waals surface area contributed by atoms with Crippen molar-refractivity contribution in [3.8, 4) is 0 Å². The summed E-state index contributed by atoms with van der Waals surface area (Å²) in [5, 5.41) is 5.05. The lowest BCUT2D eigenvalue weighted by atomic mass is 10.2. The summed E-state index contributed by atoms with van der Waals surface area (Å²) in [5.41, 5.74) is 2.30. The Morgan fingerprint density at radius 1 is 1.19 bits per heavy atom. The van der Waals surface area contributed by atoms with E-state index in [1.54, 1.807) is 11.3 Å². The molecule has 0 bridgehead atoms. The van der Waals surface area contributed by atoms with Crippen LogP contribution in [0.5, 0.6) is 0 Å². The van der Waals surface area contributed by atoms with Crippen LogP contribution >= 0.6 is 11.3 Å². The zero-order chi connectivity index (χ0) is 15.1. The predicted octanol–water partition coefficient (Wildman–Crippen LogP) is 3.45. The van der Waals surface area contributed by atoms with Crippen LogP contribution < -0.4 is 10.2 Å². The van der Waals surface area contributed by atoms with Crippen LogP contribution in [0.15, 0.2) is 41.8 Å². The number of amides is 1. The van der Waals surface area contributed by atoms with E-state index >= 15 is 0 Å². The molecule has 2 aromatic rings. The highest BCUT2D eigenvalue weighted by atomic mass is 32.1. The number of nitrogens with zero attached hydrogens (tertiary/aromatic N) is 1. The summed E-state index contributed by atoms with van der Waals surface area (Å²) in [6, 6.07) is 12.4. The Labute approximate surface area is 130 Å². The van der Waals surface area contributed by atoms with Gasteiger partial charge in [-0.2, -0.15) is 0 Å². The van der Waals surface area contributed by atoms with Gasteiger partial charge in [0.1, 0.15) is 0 Å². The first-order valence-electron chi connectivity index (χ1n) is 7.20. The van der Waals surface area contributed by atoms with Crippen molar-refractivity contribution in [1.82, 2.24) is 5.32 Å². The molecule has 1 N–H and O–H groups in total. The van der Waals surface area contributed by atoms with E-state index in [-0.39, 0.29) is 5.91 Å². The Hall–Kier alpha value is -1.81. The maximum absolute atomic E-state index is 11.8. The molecule has 0 fully saturated rings. The molecule has 4 heteroatoms. The molecular weight excluding hydrogens is 280 g/mol. The maximum atomic E-state index is 11.8. The van der Waals surface area contributed by atoms with E-state index in [4.69, 9.17) is 0 Å². The summed E-state index contributed by atoms with van der Waals surface area (Å²) in [6.45, 7) is 0.603. The van der Waals surface area contributed by atoms with E-state index in [1.165, 1.54) is 10.6 Å². The van der Waals surface area contributed by atoms with Crippen molar-refractivity contribution in [3.05, 3.63) is 52.2 Å². The third-order valence-corrected chi connectivity index (χ3v) is 4.29. The molecule has 3 nitrogen and oxygen atoms in total. The van der Waals surface area contributed by atoms with Crippen LogP contribution in [0, 0.1) is 0 Å². The van der Waals surface area contributed by atoms with E-state index < -0.39 is 0 Å². The zero-order valence-corrected chi connectivity index (χ0v) is 13.5. The predicted molar refractivity (Wildman–Crippen MR) is 89.9 cm³/mol.